The Kier molecular flexibility index (Phi) is 5.43. The topological polar surface area (TPSA) is 191 Å². The molecule has 1 saturated heterocycles. The monoisotopic (exact) mass is 407 g/mol. The summed E-state index contributed by atoms with van der Waals surface area (Å²) in [7, 11) is -2.91. The zero-order valence-corrected chi connectivity index (χ0v) is 14.9. The van der Waals surface area contributed by atoms with Gasteiger partial charge < -0.3 is 20.6 Å². The number of anilines is 1. The number of esters is 1. The van der Waals surface area contributed by atoms with Gasteiger partial charge in [0.1, 0.15) is 18.8 Å². The average Bonchev–Trinajstić information content (AvgIpc) is 2.98. The minimum atomic E-state index is -5.02. The van der Waals surface area contributed by atoms with Gasteiger partial charge in [-0.15, -0.1) is 11.3 Å². The molecule has 2 heterocycles. The number of ether oxygens (including phenoxy) is 1. The quantitative estimate of drug-likeness (QED) is 0.152. The minimum Gasteiger partial charge on any atom is -0.467 e. The zero-order valence-electron chi connectivity index (χ0n) is 13.3. The van der Waals surface area contributed by atoms with Gasteiger partial charge in [0.25, 0.3) is 11.8 Å². The summed E-state index contributed by atoms with van der Waals surface area (Å²) in [5.41, 5.74) is 5.17. The van der Waals surface area contributed by atoms with Crippen molar-refractivity contribution < 1.29 is 36.9 Å². The molecule has 26 heavy (non-hydrogen) atoms. The van der Waals surface area contributed by atoms with Gasteiger partial charge in [0.15, 0.2) is 16.9 Å². The number of carbonyl (C=O) groups is 3. The second-order valence-corrected chi connectivity index (χ2v) is 6.90. The van der Waals surface area contributed by atoms with Crippen molar-refractivity contribution in [3.05, 3.63) is 11.1 Å². The van der Waals surface area contributed by atoms with E-state index in [9.17, 15) is 22.8 Å². The van der Waals surface area contributed by atoms with Crippen LogP contribution in [-0.2, 0) is 34.3 Å². The number of thiazole rings is 1. The number of nitrogens with two attached hydrogens (primary N) is 1. The third kappa shape index (κ3) is 3.58. The fourth-order valence-electron chi connectivity index (χ4n) is 2.11. The van der Waals surface area contributed by atoms with Crippen molar-refractivity contribution in [3.8, 4) is 0 Å². The third-order valence-corrected chi connectivity index (χ3v) is 4.77. The Morgan fingerprint density at radius 2 is 2.12 bits per heavy atom. The number of nitrogen functional groups attached to an aromatic ring is 1. The van der Waals surface area contributed by atoms with Crippen LogP contribution in [0.1, 0.15) is 5.69 Å². The van der Waals surface area contributed by atoms with Crippen molar-refractivity contribution in [2.75, 3.05) is 20.0 Å². The summed E-state index contributed by atoms with van der Waals surface area (Å²) in [6.45, 7) is 0. The molecule has 1 fully saturated rings. The molecular weight excluding hydrogens is 394 g/mol. The van der Waals surface area contributed by atoms with E-state index in [-0.39, 0.29) is 20.8 Å². The molecule has 0 radical (unpaired) electrons. The van der Waals surface area contributed by atoms with Crippen LogP contribution < -0.4 is 11.1 Å². The second kappa shape index (κ2) is 7.22. The molecule has 1 aromatic heterocycles. The highest BCUT2D eigenvalue weighted by atomic mass is 32.2. The normalized spacial score (nSPS) is 20.3. The number of amides is 2. The van der Waals surface area contributed by atoms with E-state index in [0.29, 0.717) is 0 Å². The standard InChI is InChI=1S/C11H13N5O8S2/c1-23-10(19)7-6(9(18)16(7)26(20,21)22)14-8(17)5(15-24-2)4-3-25-11(12)13-4/h3,6-7H,1-2H3,(H2,12,13)(H,14,17)(H,20,21,22)/t6-,7+/m0/s1. The van der Waals surface area contributed by atoms with E-state index >= 15 is 0 Å². The first kappa shape index (κ1) is 19.5. The maximum Gasteiger partial charge on any atom is 0.363 e. The summed E-state index contributed by atoms with van der Waals surface area (Å²) in [5, 5.41) is 7.16. The van der Waals surface area contributed by atoms with E-state index in [0.717, 1.165) is 25.6 Å². The van der Waals surface area contributed by atoms with Gasteiger partial charge in [-0.25, -0.2) is 9.78 Å². The molecule has 15 heteroatoms. The maximum atomic E-state index is 12.4. The number of hydrogen-bond donors (Lipinski definition) is 3. The number of carbonyl (C=O) groups excluding carboxylic acids is 3. The Hall–Kier alpha value is -2.78. The third-order valence-electron chi connectivity index (χ3n) is 3.19. The lowest BCUT2D eigenvalue weighted by atomic mass is 9.98. The first-order valence-electron chi connectivity index (χ1n) is 6.63. The largest absolute Gasteiger partial charge is 0.467 e. The Labute approximate surface area is 150 Å². The highest BCUT2D eigenvalue weighted by Crippen LogP contribution is 2.25. The number of β-lactam (4-membered cyclic amide) rings is 1. The number of oxime groups is 1. The maximum absolute atomic E-state index is 12.4. The van der Waals surface area contributed by atoms with Crippen LogP contribution in [0.25, 0.3) is 0 Å². The van der Waals surface area contributed by atoms with Crippen LogP contribution in [-0.4, -0.2) is 72.1 Å². The number of nitrogens with one attached hydrogen (secondary N) is 1. The number of aromatic nitrogens is 1. The number of hydrogen-bond acceptors (Lipinski definition) is 11. The lowest BCUT2D eigenvalue weighted by Gasteiger charge is -2.41. The predicted molar refractivity (Wildman–Crippen MR) is 86.2 cm³/mol. The van der Waals surface area contributed by atoms with Crippen molar-refractivity contribution in [1.82, 2.24) is 14.6 Å². The molecular formula is C11H13N5O8S2. The first-order chi connectivity index (χ1) is 12.1. The van der Waals surface area contributed by atoms with Gasteiger partial charge in [-0.3, -0.25) is 14.1 Å². The zero-order chi connectivity index (χ0) is 19.6. The van der Waals surface area contributed by atoms with E-state index in [1.165, 1.54) is 5.38 Å². The molecule has 0 saturated carbocycles. The van der Waals surface area contributed by atoms with Gasteiger partial charge in [-0.2, -0.15) is 12.7 Å². The van der Waals surface area contributed by atoms with Crippen LogP contribution in [0.5, 0.6) is 0 Å². The Balaban J connectivity index is 2.27. The molecule has 0 unspecified atom stereocenters. The lowest BCUT2D eigenvalue weighted by molar-refractivity contribution is -0.162. The van der Waals surface area contributed by atoms with E-state index < -0.39 is 40.2 Å². The second-order valence-electron chi connectivity index (χ2n) is 4.72. The van der Waals surface area contributed by atoms with Crippen molar-refractivity contribution >= 4 is 50.3 Å². The van der Waals surface area contributed by atoms with Crippen molar-refractivity contribution in [2.24, 2.45) is 5.16 Å². The lowest BCUT2D eigenvalue weighted by Crippen LogP contribution is -2.74. The van der Waals surface area contributed by atoms with Crippen LogP contribution in [0.3, 0.4) is 0 Å². The summed E-state index contributed by atoms with van der Waals surface area (Å²) in [5.74, 6) is -3.37. The Morgan fingerprint density at radius 1 is 1.46 bits per heavy atom. The van der Waals surface area contributed by atoms with Gasteiger partial charge in [0.2, 0.25) is 0 Å². The molecule has 0 aromatic carbocycles. The highest BCUT2D eigenvalue weighted by molar-refractivity contribution is 7.84. The smallest absolute Gasteiger partial charge is 0.363 e. The fourth-order valence-corrected chi connectivity index (χ4v) is 3.50. The van der Waals surface area contributed by atoms with Gasteiger partial charge in [-0.05, 0) is 0 Å². The molecule has 1 aliphatic heterocycles. The van der Waals surface area contributed by atoms with Gasteiger partial charge in [0, 0.05) is 5.38 Å². The van der Waals surface area contributed by atoms with Crippen LogP contribution in [0.4, 0.5) is 5.13 Å². The first-order valence-corrected chi connectivity index (χ1v) is 8.91. The van der Waals surface area contributed by atoms with E-state index in [2.05, 4.69) is 25.0 Å². The molecule has 13 nitrogen and oxygen atoms in total. The summed E-state index contributed by atoms with van der Waals surface area (Å²) in [6, 6.07) is -3.37. The molecule has 0 spiro atoms. The summed E-state index contributed by atoms with van der Waals surface area (Å²) in [6.07, 6.45) is 0. The van der Waals surface area contributed by atoms with E-state index in [1.54, 1.807) is 0 Å². The van der Waals surface area contributed by atoms with Crippen molar-refractivity contribution in [2.45, 2.75) is 12.1 Å². The Bertz CT molecular complexity index is 879. The predicted octanol–water partition coefficient (Wildman–Crippen LogP) is -2.25. The SMILES string of the molecule is CON=C(C(=O)N[C@@H]1C(=O)N(S(=O)(=O)O)[C@H]1C(=O)OC)c1csc(N)n1. The molecule has 0 bridgehead atoms. The molecule has 1 aromatic rings. The van der Waals surface area contributed by atoms with Crippen LogP contribution in [0, 0.1) is 0 Å². The average molecular weight is 407 g/mol. The summed E-state index contributed by atoms with van der Waals surface area (Å²) in [4.78, 5) is 44.5. The van der Waals surface area contributed by atoms with Crippen molar-refractivity contribution in [3.63, 3.8) is 0 Å². The van der Waals surface area contributed by atoms with Crippen LogP contribution >= 0.6 is 11.3 Å². The Morgan fingerprint density at radius 3 is 2.58 bits per heavy atom. The molecule has 142 valence electrons. The van der Waals surface area contributed by atoms with E-state index in [4.69, 9.17) is 10.3 Å². The minimum absolute atomic E-state index is 0.0416. The molecule has 2 rings (SSSR count). The van der Waals surface area contributed by atoms with E-state index in [1.807, 2.05) is 0 Å². The molecule has 1 aliphatic rings. The summed E-state index contributed by atoms with van der Waals surface area (Å²) < 4.78 is 35.8. The van der Waals surface area contributed by atoms with Crippen LogP contribution in [0.15, 0.2) is 10.5 Å². The summed E-state index contributed by atoms with van der Waals surface area (Å²) >= 11 is 1.02. The molecule has 0 aliphatic carbocycles. The fraction of sp³-hybridized carbons (Fsp3) is 0.364. The highest BCUT2D eigenvalue weighted by Gasteiger charge is 2.58. The molecule has 2 amide bonds. The number of methoxy groups -OCH3 is 1. The van der Waals surface area contributed by atoms with Crippen molar-refractivity contribution in [1.29, 1.82) is 0 Å². The number of nitrogens with zero attached hydrogens (tertiary/aromatic N) is 3. The van der Waals surface area contributed by atoms with Gasteiger partial charge in [0.05, 0.1) is 7.11 Å². The number of rotatable bonds is 6. The molecule has 4 N–H and O–H groups in total. The van der Waals surface area contributed by atoms with Gasteiger partial charge in [-0.1, -0.05) is 5.16 Å². The van der Waals surface area contributed by atoms with Crippen LogP contribution in [0.2, 0.25) is 0 Å². The molecule has 2 atom stereocenters. The van der Waals surface area contributed by atoms with Gasteiger partial charge >= 0.3 is 16.3 Å².